The van der Waals surface area contributed by atoms with Crippen LogP contribution in [0.25, 0.3) is 0 Å². The first kappa shape index (κ1) is 29.2. The Morgan fingerprint density at radius 2 is 2.03 bits per heavy atom. The number of rotatable bonds is 8. The lowest BCUT2D eigenvalue weighted by Crippen LogP contribution is -2.52. The minimum absolute atomic E-state index is 0.0102. The third kappa shape index (κ3) is 8.61. The van der Waals surface area contributed by atoms with E-state index in [1.165, 1.54) is 4.90 Å². The maximum Gasteiger partial charge on any atom is 0.410 e. The molecule has 0 spiro atoms. The van der Waals surface area contributed by atoms with Gasteiger partial charge in [0.25, 0.3) is 0 Å². The largest absolute Gasteiger partial charge is 0.444 e. The van der Waals surface area contributed by atoms with Crippen molar-refractivity contribution in [1.29, 1.82) is 5.26 Å². The molecular formula is C29H37N7O3. The van der Waals surface area contributed by atoms with Gasteiger partial charge in [-0.1, -0.05) is 24.8 Å². The Balaban J connectivity index is 1.58. The van der Waals surface area contributed by atoms with Gasteiger partial charge in [-0.25, -0.2) is 9.78 Å². The van der Waals surface area contributed by atoms with E-state index >= 15 is 0 Å². The molecule has 3 rings (SSSR count). The number of hydrogen-bond donors (Lipinski definition) is 3. The van der Waals surface area contributed by atoms with Crippen LogP contribution in [-0.2, 0) is 9.53 Å². The molecule has 0 radical (unpaired) electrons. The lowest BCUT2D eigenvalue weighted by atomic mass is 9.80. The zero-order valence-electron chi connectivity index (χ0n) is 23.5. The van der Waals surface area contributed by atoms with E-state index in [0.717, 1.165) is 31.5 Å². The van der Waals surface area contributed by atoms with Crippen molar-refractivity contribution in [2.24, 2.45) is 5.92 Å². The molecule has 0 bridgehead atoms. The molecule has 0 unspecified atom stereocenters. The number of amides is 2. The summed E-state index contributed by atoms with van der Waals surface area (Å²) < 4.78 is 5.35. The van der Waals surface area contributed by atoms with E-state index < -0.39 is 17.7 Å². The summed E-state index contributed by atoms with van der Waals surface area (Å²) in [7, 11) is 1.56. The van der Waals surface area contributed by atoms with Crippen LogP contribution in [0.4, 0.5) is 22.2 Å². The number of benzene rings is 1. The standard InChI is InChI=1S/C29H37N7O3/c1-7-13-31-25-22(18-32-27(35-25)34-23-10-8-9-21(16-23)17-30)12-11-20-14-24(15-20)33-26(37)19(2)36(6)28(38)39-29(3,4)5/h8-10,16,18-20,24H,7,13-15H2,1-6H3,(H,33,37)(H2,31,32,34,35)/t19-,20-,24+/m0/s1. The Morgan fingerprint density at radius 1 is 1.28 bits per heavy atom. The normalized spacial score (nSPS) is 16.8. The number of nitrogens with zero attached hydrogens (tertiary/aromatic N) is 4. The number of hydrogen-bond acceptors (Lipinski definition) is 8. The molecule has 1 aromatic carbocycles. The molecule has 10 nitrogen and oxygen atoms in total. The minimum Gasteiger partial charge on any atom is -0.444 e. The topological polar surface area (TPSA) is 132 Å². The molecular weight excluding hydrogens is 494 g/mol. The van der Waals surface area contributed by atoms with Crippen LogP contribution in [0.3, 0.4) is 0 Å². The zero-order valence-corrected chi connectivity index (χ0v) is 23.5. The molecule has 1 heterocycles. The second-order valence-electron chi connectivity index (χ2n) is 10.6. The van der Waals surface area contributed by atoms with Gasteiger partial charge in [-0.05, 0) is 65.2 Å². The first-order valence-electron chi connectivity index (χ1n) is 13.1. The number of ether oxygens (including phenoxy) is 1. The molecule has 1 aliphatic carbocycles. The molecule has 1 saturated carbocycles. The summed E-state index contributed by atoms with van der Waals surface area (Å²) in [5, 5.41) is 18.6. The average Bonchev–Trinajstić information content (AvgIpc) is 2.87. The third-order valence-corrected chi connectivity index (χ3v) is 6.12. The van der Waals surface area contributed by atoms with Gasteiger partial charge in [0.2, 0.25) is 11.9 Å². The van der Waals surface area contributed by atoms with E-state index in [0.29, 0.717) is 22.9 Å². The predicted octanol–water partition coefficient (Wildman–Crippen LogP) is 4.42. The van der Waals surface area contributed by atoms with Crippen LogP contribution in [0, 0.1) is 29.1 Å². The Morgan fingerprint density at radius 3 is 2.69 bits per heavy atom. The third-order valence-electron chi connectivity index (χ3n) is 6.12. The fourth-order valence-corrected chi connectivity index (χ4v) is 3.73. The van der Waals surface area contributed by atoms with Crippen molar-refractivity contribution in [2.75, 3.05) is 24.2 Å². The summed E-state index contributed by atoms with van der Waals surface area (Å²) in [6.45, 7) is 9.85. The van der Waals surface area contributed by atoms with Crippen molar-refractivity contribution < 1.29 is 14.3 Å². The van der Waals surface area contributed by atoms with Gasteiger partial charge in [0.05, 0.1) is 23.4 Å². The van der Waals surface area contributed by atoms with Gasteiger partial charge in [-0.3, -0.25) is 9.69 Å². The molecule has 0 saturated heterocycles. The van der Waals surface area contributed by atoms with Gasteiger partial charge in [-0.2, -0.15) is 10.2 Å². The highest BCUT2D eigenvalue weighted by Crippen LogP contribution is 2.27. The van der Waals surface area contributed by atoms with Crippen molar-refractivity contribution in [3.8, 4) is 17.9 Å². The van der Waals surface area contributed by atoms with Crippen LogP contribution in [0.2, 0.25) is 0 Å². The van der Waals surface area contributed by atoms with Gasteiger partial charge in [0, 0.05) is 31.2 Å². The number of carbonyl (C=O) groups is 2. The van der Waals surface area contributed by atoms with Crippen LogP contribution in [-0.4, -0.2) is 58.1 Å². The van der Waals surface area contributed by atoms with Crippen molar-refractivity contribution in [1.82, 2.24) is 20.2 Å². The molecule has 2 amide bonds. The maximum atomic E-state index is 12.6. The molecule has 206 valence electrons. The van der Waals surface area contributed by atoms with Crippen LogP contribution < -0.4 is 16.0 Å². The van der Waals surface area contributed by atoms with E-state index in [2.05, 4.69) is 50.8 Å². The zero-order chi connectivity index (χ0) is 28.6. The lowest BCUT2D eigenvalue weighted by Gasteiger charge is -2.34. The van der Waals surface area contributed by atoms with E-state index in [-0.39, 0.29) is 17.9 Å². The Kier molecular flexibility index (Phi) is 9.73. The Hall–Kier alpha value is -4.31. The van der Waals surface area contributed by atoms with E-state index in [1.807, 2.05) is 6.07 Å². The van der Waals surface area contributed by atoms with E-state index in [9.17, 15) is 9.59 Å². The highest BCUT2D eigenvalue weighted by Gasteiger charge is 2.33. The molecule has 1 atom stereocenters. The molecule has 10 heteroatoms. The first-order valence-corrected chi connectivity index (χ1v) is 13.1. The van der Waals surface area contributed by atoms with E-state index in [4.69, 9.17) is 10.00 Å². The van der Waals surface area contributed by atoms with Crippen LogP contribution in [0.15, 0.2) is 30.5 Å². The summed E-state index contributed by atoms with van der Waals surface area (Å²) in [4.78, 5) is 35.2. The quantitative estimate of drug-likeness (QED) is 0.427. The van der Waals surface area contributed by atoms with Gasteiger partial charge >= 0.3 is 6.09 Å². The number of nitrogens with one attached hydrogen (secondary N) is 3. The fraction of sp³-hybridized carbons (Fsp3) is 0.483. The van der Waals surface area contributed by atoms with Crippen LogP contribution >= 0.6 is 0 Å². The van der Waals surface area contributed by atoms with Crippen molar-refractivity contribution in [2.45, 2.75) is 71.6 Å². The minimum atomic E-state index is -0.649. The highest BCUT2D eigenvalue weighted by atomic mass is 16.6. The lowest BCUT2D eigenvalue weighted by molar-refractivity contribution is -0.126. The van der Waals surface area contributed by atoms with Crippen LogP contribution in [0.1, 0.15) is 65.0 Å². The second-order valence-corrected chi connectivity index (χ2v) is 10.6. The van der Waals surface area contributed by atoms with Gasteiger partial charge in [-0.15, -0.1) is 0 Å². The molecule has 1 aromatic heterocycles. The van der Waals surface area contributed by atoms with Gasteiger partial charge in [0.1, 0.15) is 17.5 Å². The molecule has 39 heavy (non-hydrogen) atoms. The smallest absolute Gasteiger partial charge is 0.410 e. The monoisotopic (exact) mass is 531 g/mol. The number of aromatic nitrogens is 2. The molecule has 3 N–H and O–H groups in total. The summed E-state index contributed by atoms with van der Waals surface area (Å²) in [5.41, 5.74) is 1.34. The number of likely N-dealkylation sites (N-methyl/N-ethyl adjacent to an activating group) is 1. The van der Waals surface area contributed by atoms with Crippen molar-refractivity contribution in [3.63, 3.8) is 0 Å². The first-order chi connectivity index (χ1) is 18.5. The van der Waals surface area contributed by atoms with Gasteiger partial charge < -0.3 is 20.7 Å². The Labute approximate surface area is 230 Å². The van der Waals surface area contributed by atoms with Crippen LogP contribution in [0.5, 0.6) is 0 Å². The summed E-state index contributed by atoms with van der Waals surface area (Å²) >= 11 is 0. The number of anilines is 3. The van der Waals surface area contributed by atoms with Crippen molar-refractivity contribution in [3.05, 3.63) is 41.6 Å². The summed E-state index contributed by atoms with van der Waals surface area (Å²) in [6, 6.07) is 8.59. The maximum absolute atomic E-state index is 12.6. The fourth-order valence-electron chi connectivity index (χ4n) is 3.73. The second kappa shape index (κ2) is 13.0. The molecule has 2 aromatic rings. The molecule has 1 aliphatic rings. The highest BCUT2D eigenvalue weighted by molar-refractivity contribution is 5.85. The van der Waals surface area contributed by atoms with E-state index in [1.54, 1.807) is 59.1 Å². The molecule has 1 fully saturated rings. The Bertz CT molecular complexity index is 1280. The number of nitriles is 1. The average molecular weight is 532 g/mol. The summed E-state index contributed by atoms with van der Waals surface area (Å²) in [6.07, 6.45) is 3.54. The molecule has 0 aliphatic heterocycles. The SMILES string of the molecule is CCCNc1nc(Nc2cccc(C#N)c2)ncc1C#C[C@H]1C[C@@H](NC(=O)[C@H](C)N(C)C(=O)OC(C)(C)C)C1. The van der Waals surface area contributed by atoms with Crippen molar-refractivity contribution >= 4 is 29.5 Å². The number of carbonyl (C=O) groups excluding carboxylic acids is 2. The van der Waals surface area contributed by atoms with Gasteiger partial charge in [0.15, 0.2) is 0 Å². The predicted molar refractivity (Wildman–Crippen MR) is 150 cm³/mol. The summed E-state index contributed by atoms with van der Waals surface area (Å²) in [5.74, 6) is 7.44.